The molecule has 0 spiro atoms. The van der Waals surface area contributed by atoms with E-state index in [2.05, 4.69) is 53.8 Å². The molecule has 35 heavy (non-hydrogen) atoms. The fraction of sp³-hybridized carbons (Fsp3) is 0.355. The average Bonchev–Trinajstić information content (AvgIpc) is 3.73. The minimum Gasteiger partial charge on any atom is -0.355 e. The minimum atomic E-state index is -0.576. The third kappa shape index (κ3) is 5.17. The highest BCUT2D eigenvalue weighted by atomic mass is 16.2. The summed E-state index contributed by atoms with van der Waals surface area (Å²) < 4.78 is 0. The minimum absolute atomic E-state index is 0.0911. The summed E-state index contributed by atoms with van der Waals surface area (Å²) in [5.41, 5.74) is 3.03. The third-order valence-electron chi connectivity index (χ3n) is 7.80. The molecule has 1 N–H and O–H groups in total. The molecule has 180 valence electrons. The van der Waals surface area contributed by atoms with Gasteiger partial charge in [-0.2, -0.15) is 0 Å². The van der Waals surface area contributed by atoms with Crippen molar-refractivity contribution in [3.05, 3.63) is 108 Å². The molecule has 2 amide bonds. The highest BCUT2D eigenvalue weighted by molar-refractivity contribution is 5.89. The second-order valence-electron chi connectivity index (χ2n) is 9.98. The van der Waals surface area contributed by atoms with Crippen molar-refractivity contribution in [1.82, 2.24) is 10.2 Å². The summed E-state index contributed by atoms with van der Waals surface area (Å²) in [5.74, 6) is 0.784. The van der Waals surface area contributed by atoms with E-state index in [1.165, 1.54) is 11.1 Å². The first-order chi connectivity index (χ1) is 17.2. The van der Waals surface area contributed by atoms with Crippen LogP contribution in [-0.2, 0) is 21.4 Å². The van der Waals surface area contributed by atoms with Crippen molar-refractivity contribution in [3.63, 3.8) is 0 Å². The van der Waals surface area contributed by atoms with Gasteiger partial charge in [0.1, 0.15) is 0 Å². The summed E-state index contributed by atoms with van der Waals surface area (Å²) >= 11 is 0. The molecule has 5 rings (SSSR count). The summed E-state index contributed by atoms with van der Waals surface area (Å²) in [7, 11) is 0. The Morgan fingerprint density at radius 2 is 1.43 bits per heavy atom. The van der Waals surface area contributed by atoms with Crippen molar-refractivity contribution < 1.29 is 9.59 Å². The number of nitrogens with one attached hydrogen (secondary N) is 1. The Balaban J connectivity index is 1.21. The molecule has 0 bridgehead atoms. The molecule has 2 unspecified atom stereocenters. The van der Waals surface area contributed by atoms with Crippen molar-refractivity contribution in [3.8, 4) is 0 Å². The van der Waals surface area contributed by atoms with E-state index in [9.17, 15) is 9.59 Å². The number of hydrogen-bond donors (Lipinski definition) is 1. The Labute approximate surface area is 208 Å². The molecular weight excluding hydrogens is 432 g/mol. The van der Waals surface area contributed by atoms with Crippen molar-refractivity contribution in [2.45, 2.75) is 43.4 Å². The molecule has 1 saturated carbocycles. The molecule has 0 aromatic heterocycles. The van der Waals surface area contributed by atoms with Crippen LogP contribution in [0.15, 0.2) is 91.0 Å². The zero-order chi connectivity index (χ0) is 24.1. The normalized spacial score (nSPS) is 20.7. The van der Waals surface area contributed by atoms with Gasteiger partial charge >= 0.3 is 0 Å². The lowest BCUT2D eigenvalue weighted by Crippen LogP contribution is -2.53. The van der Waals surface area contributed by atoms with Crippen LogP contribution < -0.4 is 5.32 Å². The first-order valence-electron chi connectivity index (χ1n) is 12.9. The van der Waals surface area contributed by atoms with Crippen LogP contribution in [0.25, 0.3) is 0 Å². The zero-order valence-electron chi connectivity index (χ0n) is 20.2. The number of benzene rings is 3. The molecule has 2 fully saturated rings. The Kier molecular flexibility index (Phi) is 6.98. The smallest absolute Gasteiger partial charge is 0.230 e. The average molecular weight is 467 g/mol. The molecule has 1 aliphatic carbocycles. The number of carbonyl (C=O) groups excluding carboxylic acids is 2. The molecule has 4 nitrogen and oxygen atoms in total. The molecular formula is C31H34N2O2. The van der Waals surface area contributed by atoms with Crippen LogP contribution in [0.1, 0.15) is 48.3 Å². The summed E-state index contributed by atoms with van der Waals surface area (Å²) in [6.45, 7) is 1.91. The van der Waals surface area contributed by atoms with Crippen LogP contribution in [-0.4, -0.2) is 36.3 Å². The molecule has 3 aromatic rings. The van der Waals surface area contributed by atoms with Gasteiger partial charge in [-0.1, -0.05) is 91.0 Å². The highest BCUT2D eigenvalue weighted by Crippen LogP contribution is 2.49. The Morgan fingerprint density at radius 1 is 0.829 bits per heavy atom. The van der Waals surface area contributed by atoms with Crippen molar-refractivity contribution in [2.24, 2.45) is 5.92 Å². The van der Waals surface area contributed by atoms with E-state index in [1.807, 2.05) is 47.4 Å². The number of nitrogens with zero attached hydrogens (tertiary/aromatic N) is 1. The van der Waals surface area contributed by atoms with Gasteiger partial charge in [0.2, 0.25) is 11.8 Å². The number of piperidine rings is 1. The van der Waals surface area contributed by atoms with Crippen molar-refractivity contribution in [2.75, 3.05) is 19.6 Å². The highest BCUT2D eigenvalue weighted by Gasteiger charge is 2.49. The van der Waals surface area contributed by atoms with Crippen LogP contribution >= 0.6 is 0 Å². The first kappa shape index (κ1) is 23.3. The van der Waals surface area contributed by atoms with Gasteiger partial charge in [0.15, 0.2) is 0 Å². The van der Waals surface area contributed by atoms with Crippen LogP contribution in [0.4, 0.5) is 0 Å². The number of amides is 2. The van der Waals surface area contributed by atoms with E-state index < -0.39 is 5.41 Å². The van der Waals surface area contributed by atoms with Gasteiger partial charge in [0.25, 0.3) is 0 Å². The number of likely N-dealkylation sites (tertiary alicyclic amines) is 1. The van der Waals surface area contributed by atoms with E-state index >= 15 is 0 Å². The quantitative estimate of drug-likeness (QED) is 0.470. The fourth-order valence-corrected chi connectivity index (χ4v) is 5.59. The van der Waals surface area contributed by atoms with E-state index in [4.69, 9.17) is 0 Å². The van der Waals surface area contributed by atoms with Gasteiger partial charge in [-0.25, -0.2) is 0 Å². The first-order valence-corrected chi connectivity index (χ1v) is 12.9. The summed E-state index contributed by atoms with van der Waals surface area (Å²) in [4.78, 5) is 28.8. The van der Waals surface area contributed by atoms with Crippen LogP contribution in [0.2, 0.25) is 0 Å². The molecule has 2 aliphatic rings. The number of hydrogen-bond acceptors (Lipinski definition) is 2. The van der Waals surface area contributed by atoms with Gasteiger partial charge < -0.3 is 10.2 Å². The van der Waals surface area contributed by atoms with Crippen molar-refractivity contribution in [1.29, 1.82) is 0 Å². The summed E-state index contributed by atoms with van der Waals surface area (Å²) in [5, 5.41) is 3.23. The molecule has 1 aliphatic heterocycles. The second kappa shape index (κ2) is 10.5. The van der Waals surface area contributed by atoms with Gasteiger partial charge in [0, 0.05) is 25.6 Å². The SMILES string of the molecule is O=C(C1CC1c1ccccc1)N1CCC(C(=O)NCCCc2ccccc2)(c2ccccc2)CC1. The van der Waals surface area contributed by atoms with Crippen LogP contribution in [0, 0.1) is 5.92 Å². The molecule has 1 saturated heterocycles. The number of carbonyl (C=O) groups is 2. The van der Waals surface area contributed by atoms with Crippen LogP contribution in [0.3, 0.4) is 0 Å². The lowest BCUT2D eigenvalue weighted by atomic mass is 9.72. The number of rotatable bonds is 8. The monoisotopic (exact) mass is 466 g/mol. The van der Waals surface area contributed by atoms with Gasteiger partial charge in [0.05, 0.1) is 5.41 Å². The predicted molar refractivity (Wildman–Crippen MR) is 139 cm³/mol. The third-order valence-corrected chi connectivity index (χ3v) is 7.80. The standard InChI is InChI=1S/C31H34N2O2/c34-29(28-23-27(28)25-14-6-2-7-15-25)33-21-18-31(19-22-33,26-16-8-3-9-17-26)30(35)32-20-10-13-24-11-4-1-5-12-24/h1-9,11-12,14-17,27-28H,10,13,18-23H2,(H,32,35). The molecule has 2 atom stereocenters. The molecule has 4 heteroatoms. The predicted octanol–water partition coefficient (Wildman–Crippen LogP) is 5.10. The molecule has 0 radical (unpaired) electrons. The summed E-state index contributed by atoms with van der Waals surface area (Å²) in [6, 6.07) is 30.9. The van der Waals surface area contributed by atoms with Gasteiger partial charge in [-0.15, -0.1) is 0 Å². The number of aryl methyl sites for hydroxylation is 1. The fourth-order valence-electron chi connectivity index (χ4n) is 5.59. The van der Waals surface area contributed by atoms with E-state index in [0.29, 0.717) is 38.4 Å². The molecule has 3 aromatic carbocycles. The second-order valence-corrected chi connectivity index (χ2v) is 9.98. The Morgan fingerprint density at radius 3 is 2.09 bits per heavy atom. The maximum absolute atomic E-state index is 13.6. The van der Waals surface area contributed by atoms with Crippen molar-refractivity contribution >= 4 is 11.8 Å². The van der Waals surface area contributed by atoms with Gasteiger partial charge in [-0.05, 0) is 54.7 Å². The van der Waals surface area contributed by atoms with Gasteiger partial charge in [-0.3, -0.25) is 9.59 Å². The Bertz CT molecular complexity index is 1120. The van der Waals surface area contributed by atoms with Crippen LogP contribution in [0.5, 0.6) is 0 Å². The lowest BCUT2D eigenvalue weighted by Gasteiger charge is -2.41. The lowest BCUT2D eigenvalue weighted by molar-refractivity contribution is -0.138. The molecule has 1 heterocycles. The maximum Gasteiger partial charge on any atom is 0.230 e. The summed E-state index contributed by atoms with van der Waals surface area (Å²) in [6.07, 6.45) is 4.12. The van der Waals surface area contributed by atoms with E-state index in [-0.39, 0.29) is 17.7 Å². The van der Waals surface area contributed by atoms with E-state index in [1.54, 1.807) is 0 Å². The maximum atomic E-state index is 13.6. The largest absolute Gasteiger partial charge is 0.355 e. The zero-order valence-corrected chi connectivity index (χ0v) is 20.2. The Hall–Kier alpha value is -3.40. The van der Waals surface area contributed by atoms with E-state index in [0.717, 1.165) is 24.8 Å². The topological polar surface area (TPSA) is 49.4 Å².